The van der Waals surface area contributed by atoms with Crippen molar-refractivity contribution >= 4 is 21.8 Å². The van der Waals surface area contributed by atoms with Crippen LogP contribution in [0.3, 0.4) is 0 Å². The first kappa shape index (κ1) is 13.0. The van der Waals surface area contributed by atoms with Crippen molar-refractivity contribution in [2.45, 2.75) is 56.2 Å². The minimum absolute atomic E-state index is 0.354. The molecule has 1 amide bonds. The zero-order chi connectivity index (χ0) is 12.5. The highest BCUT2D eigenvalue weighted by Gasteiger charge is 2.42. The molecular weight excluding hydrogens is 290 g/mol. The van der Waals surface area contributed by atoms with E-state index < -0.39 is 0 Å². The number of amides is 1. The molecule has 1 N–H and O–H groups in total. The Morgan fingerprint density at radius 3 is 2.67 bits per heavy atom. The Morgan fingerprint density at radius 1 is 1.11 bits per heavy atom. The Balaban J connectivity index is 1.44. The van der Waals surface area contributed by atoms with E-state index in [9.17, 15) is 4.79 Å². The number of hydrogen-bond acceptors (Lipinski definition) is 1. The molecule has 5 atom stereocenters. The maximum atomic E-state index is 12.2. The number of nitrogens with one attached hydrogen (secondary N) is 1. The van der Waals surface area contributed by atoms with E-state index in [1.807, 2.05) is 0 Å². The molecule has 0 aromatic carbocycles. The van der Waals surface area contributed by atoms with Gasteiger partial charge in [0.05, 0.1) is 0 Å². The molecule has 102 valence electrons. The number of fused-ring (bicyclic) bond motifs is 2. The number of carbonyl (C=O) groups excluding carboxylic acids is 1. The first-order valence-electron chi connectivity index (χ1n) is 7.64. The summed E-state index contributed by atoms with van der Waals surface area (Å²) >= 11 is 3.72. The van der Waals surface area contributed by atoms with Crippen LogP contribution in [-0.2, 0) is 4.79 Å². The monoisotopic (exact) mass is 313 g/mol. The fourth-order valence-corrected chi connectivity index (χ4v) is 5.21. The number of rotatable bonds is 3. The average molecular weight is 314 g/mol. The Morgan fingerprint density at radius 2 is 2.00 bits per heavy atom. The summed E-state index contributed by atoms with van der Waals surface area (Å²) in [6.07, 6.45) is 10.3. The first-order chi connectivity index (χ1) is 8.72. The van der Waals surface area contributed by atoms with Crippen molar-refractivity contribution in [2.75, 3.05) is 6.54 Å². The number of halogens is 1. The van der Waals surface area contributed by atoms with Crippen LogP contribution < -0.4 is 5.32 Å². The number of carbonyl (C=O) groups is 1. The lowest BCUT2D eigenvalue weighted by atomic mass is 9.87. The van der Waals surface area contributed by atoms with Crippen LogP contribution in [0.2, 0.25) is 0 Å². The Kier molecular flexibility index (Phi) is 3.97. The molecular formula is C15H24BrNO. The van der Waals surface area contributed by atoms with Crippen molar-refractivity contribution in [3.05, 3.63) is 0 Å². The van der Waals surface area contributed by atoms with Gasteiger partial charge in [-0.3, -0.25) is 4.79 Å². The normalized spacial score (nSPS) is 43.1. The molecule has 5 unspecified atom stereocenters. The fraction of sp³-hybridized carbons (Fsp3) is 0.933. The quantitative estimate of drug-likeness (QED) is 0.794. The molecule has 0 aliphatic heterocycles. The Bertz CT molecular complexity index is 320. The molecule has 3 rings (SSSR count). The molecule has 3 saturated carbocycles. The van der Waals surface area contributed by atoms with Gasteiger partial charge >= 0.3 is 0 Å². The predicted octanol–water partition coefficient (Wildman–Crippen LogP) is 3.49. The summed E-state index contributed by atoms with van der Waals surface area (Å²) in [5.41, 5.74) is 0. The molecule has 0 aromatic heterocycles. The van der Waals surface area contributed by atoms with Gasteiger partial charge in [-0.1, -0.05) is 28.8 Å². The van der Waals surface area contributed by atoms with Crippen LogP contribution in [0.15, 0.2) is 0 Å². The number of hydrogen-bond donors (Lipinski definition) is 1. The van der Waals surface area contributed by atoms with Crippen LogP contribution in [0.1, 0.15) is 51.4 Å². The van der Waals surface area contributed by atoms with Crippen LogP contribution in [0.5, 0.6) is 0 Å². The molecule has 0 radical (unpaired) electrons. The van der Waals surface area contributed by atoms with Gasteiger partial charge in [-0.05, 0) is 56.3 Å². The third-order valence-electron chi connectivity index (χ3n) is 5.36. The second-order valence-electron chi connectivity index (χ2n) is 6.66. The predicted molar refractivity (Wildman–Crippen MR) is 76.6 cm³/mol. The summed E-state index contributed by atoms with van der Waals surface area (Å²) in [5, 5.41) is 3.24. The second-order valence-corrected chi connectivity index (χ2v) is 7.95. The van der Waals surface area contributed by atoms with E-state index in [1.54, 1.807) is 0 Å². The van der Waals surface area contributed by atoms with Crippen molar-refractivity contribution in [3.8, 4) is 0 Å². The van der Waals surface area contributed by atoms with E-state index in [0.717, 1.165) is 12.5 Å². The maximum Gasteiger partial charge on any atom is 0.223 e. The SMILES string of the molecule is O=C(NCC1CCCC(Br)C1)C1CC2CCC1C2. The molecule has 3 fully saturated rings. The third kappa shape index (κ3) is 2.76. The molecule has 0 heterocycles. The van der Waals surface area contributed by atoms with E-state index in [-0.39, 0.29) is 0 Å². The van der Waals surface area contributed by atoms with Gasteiger partial charge in [-0.15, -0.1) is 0 Å². The van der Waals surface area contributed by atoms with Gasteiger partial charge in [0.2, 0.25) is 5.91 Å². The van der Waals surface area contributed by atoms with E-state index in [0.29, 0.717) is 28.5 Å². The van der Waals surface area contributed by atoms with Crippen LogP contribution in [0.25, 0.3) is 0 Å². The van der Waals surface area contributed by atoms with Crippen molar-refractivity contribution in [3.63, 3.8) is 0 Å². The van der Waals surface area contributed by atoms with E-state index >= 15 is 0 Å². The zero-order valence-corrected chi connectivity index (χ0v) is 12.6. The van der Waals surface area contributed by atoms with Crippen molar-refractivity contribution in [1.29, 1.82) is 0 Å². The summed E-state index contributed by atoms with van der Waals surface area (Å²) in [5.74, 6) is 2.99. The molecule has 0 spiro atoms. The third-order valence-corrected chi connectivity index (χ3v) is 6.19. The molecule has 3 heteroatoms. The van der Waals surface area contributed by atoms with E-state index in [1.165, 1.54) is 51.4 Å². The lowest BCUT2D eigenvalue weighted by Gasteiger charge is -2.27. The maximum absolute atomic E-state index is 12.2. The topological polar surface area (TPSA) is 29.1 Å². The van der Waals surface area contributed by atoms with Crippen molar-refractivity contribution < 1.29 is 4.79 Å². The van der Waals surface area contributed by atoms with Gasteiger partial charge in [-0.25, -0.2) is 0 Å². The summed E-state index contributed by atoms with van der Waals surface area (Å²) in [7, 11) is 0. The van der Waals surface area contributed by atoms with Gasteiger partial charge in [-0.2, -0.15) is 0 Å². The van der Waals surface area contributed by atoms with Crippen LogP contribution in [0.4, 0.5) is 0 Å². The van der Waals surface area contributed by atoms with Crippen LogP contribution in [0, 0.1) is 23.7 Å². The van der Waals surface area contributed by atoms with Crippen molar-refractivity contribution in [1.82, 2.24) is 5.32 Å². The fourth-order valence-electron chi connectivity index (χ4n) is 4.35. The summed E-state index contributed by atoms with van der Waals surface area (Å²) < 4.78 is 0. The Labute approximate surface area is 118 Å². The van der Waals surface area contributed by atoms with Gasteiger partial charge in [0.25, 0.3) is 0 Å². The van der Waals surface area contributed by atoms with Gasteiger partial charge in [0.1, 0.15) is 0 Å². The van der Waals surface area contributed by atoms with Crippen LogP contribution >= 0.6 is 15.9 Å². The van der Waals surface area contributed by atoms with Gasteiger partial charge < -0.3 is 5.32 Å². The second kappa shape index (κ2) is 5.52. The lowest BCUT2D eigenvalue weighted by Crippen LogP contribution is -2.37. The molecule has 0 saturated heterocycles. The molecule has 2 nitrogen and oxygen atoms in total. The minimum Gasteiger partial charge on any atom is -0.356 e. The first-order valence-corrected chi connectivity index (χ1v) is 8.55. The average Bonchev–Trinajstić information content (AvgIpc) is 2.98. The zero-order valence-electron chi connectivity index (χ0n) is 11.0. The minimum atomic E-state index is 0.354. The molecule has 3 aliphatic carbocycles. The van der Waals surface area contributed by atoms with Crippen molar-refractivity contribution in [2.24, 2.45) is 23.7 Å². The molecule has 0 aromatic rings. The summed E-state index contributed by atoms with van der Waals surface area (Å²) in [6, 6.07) is 0. The Hall–Kier alpha value is -0.0500. The largest absolute Gasteiger partial charge is 0.356 e. The van der Waals surface area contributed by atoms with Gasteiger partial charge in [0, 0.05) is 17.3 Å². The highest BCUT2D eigenvalue weighted by atomic mass is 79.9. The molecule has 18 heavy (non-hydrogen) atoms. The summed E-state index contributed by atoms with van der Waals surface area (Å²) in [4.78, 5) is 12.9. The van der Waals surface area contributed by atoms with E-state index in [2.05, 4.69) is 21.2 Å². The molecule has 2 bridgehead atoms. The smallest absolute Gasteiger partial charge is 0.223 e. The van der Waals surface area contributed by atoms with Crippen LogP contribution in [-0.4, -0.2) is 17.3 Å². The standard InChI is InChI=1S/C15H24BrNO/c16-13-3-1-2-11(7-13)9-17-15(18)14-8-10-4-5-12(14)6-10/h10-14H,1-9H2,(H,17,18). The highest BCUT2D eigenvalue weighted by Crippen LogP contribution is 2.48. The lowest BCUT2D eigenvalue weighted by molar-refractivity contribution is -0.126. The van der Waals surface area contributed by atoms with Gasteiger partial charge in [0.15, 0.2) is 0 Å². The summed E-state index contributed by atoms with van der Waals surface area (Å²) in [6.45, 7) is 0.912. The van der Waals surface area contributed by atoms with E-state index in [4.69, 9.17) is 0 Å². The number of alkyl halides is 1. The highest BCUT2D eigenvalue weighted by molar-refractivity contribution is 9.09. The molecule has 3 aliphatic rings.